The molecule has 3 rings (SSSR count). The van der Waals surface area contributed by atoms with Gasteiger partial charge in [-0.3, -0.25) is 0 Å². The van der Waals surface area contributed by atoms with Crippen LogP contribution in [0.1, 0.15) is 70.4 Å². The third kappa shape index (κ3) is 6.24. The zero-order valence-corrected chi connectivity index (χ0v) is 17.2. The number of nitrogens with one attached hydrogen (secondary N) is 1. The Balaban J connectivity index is 1.42. The average molecular weight is 372 g/mol. The van der Waals surface area contributed by atoms with E-state index in [4.69, 9.17) is 0 Å². The Hall–Kier alpha value is -1.55. The summed E-state index contributed by atoms with van der Waals surface area (Å²) < 4.78 is 0. The average Bonchev–Trinajstić information content (AvgIpc) is 3.51. The molecule has 4 heteroatoms. The summed E-state index contributed by atoms with van der Waals surface area (Å²) in [6.45, 7) is 8.58. The van der Waals surface area contributed by atoms with E-state index >= 15 is 0 Å². The molecule has 2 atom stereocenters. The molecule has 1 saturated carbocycles. The minimum absolute atomic E-state index is 0.101. The fourth-order valence-corrected chi connectivity index (χ4v) is 4.13. The first kappa shape index (κ1) is 20.2. The summed E-state index contributed by atoms with van der Waals surface area (Å²) in [5.74, 6) is 0.697. The van der Waals surface area contributed by atoms with Crippen LogP contribution in [0.25, 0.3) is 0 Å². The summed E-state index contributed by atoms with van der Waals surface area (Å²) in [5, 5.41) is 3.18. The molecule has 0 spiro atoms. The van der Waals surface area contributed by atoms with Crippen molar-refractivity contribution in [3.05, 3.63) is 35.9 Å². The smallest absolute Gasteiger partial charge is 0.317 e. The van der Waals surface area contributed by atoms with E-state index in [1.165, 1.54) is 57.2 Å². The first-order valence-corrected chi connectivity index (χ1v) is 11.0. The van der Waals surface area contributed by atoms with Gasteiger partial charge in [0.15, 0.2) is 0 Å². The van der Waals surface area contributed by atoms with Gasteiger partial charge in [0.05, 0.1) is 6.04 Å². The molecule has 1 aliphatic heterocycles. The number of amides is 2. The van der Waals surface area contributed by atoms with Gasteiger partial charge in [-0.05, 0) is 76.9 Å². The fraction of sp³-hybridized carbons (Fsp3) is 0.696. The molecule has 27 heavy (non-hydrogen) atoms. The van der Waals surface area contributed by atoms with Crippen molar-refractivity contribution in [2.24, 2.45) is 5.92 Å². The molecule has 1 saturated heterocycles. The van der Waals surface area contributed by atoms with Crippen LogP contribution < -0.4 is 5.32 Å². The Kier molecular flexibility index (Phi) is 7.57. The molecule has 0 bridgehead atoms. The summed E-state index contributed by atoms with van der Waals surface area (Å²) in [6, 6.07) is 11.3. The molecule has 150 valence electrons. The van der Waals surface area contributed by atoms with E-state index < -0.39 is 0 Å². The van der Waals surface area contributed by atoms with Crippen LogP contribution in [0, 0.1) is 5.92 Å². The molecule has 0 radical (unpaired) electrons. The summed E-state index contributed by atoms with van der Waals surface area (Å²) in [4.78, 5) is 17.5. The van der Waals surface area contributed by atoms with Gasteiger partial charge in [-0.1, -0.05) is 36.8 Å². The molecule has 0 aromatic heterocycles. The number of hydrogen-bond acceptors (Lipinski definition) is 2. The molecular formula is C23H37N3O. The van der Waals surface area contributed by atoms with Crippen molar-refractivity contribution in [1.82, 2.24) is 15.1 Å². The van der Waals surface area contributed by atoms with Gasteiger partial charge in [0.25, 0.3) is 0 Å². The second kappa shape index (κ2) is 10.1. The van der Waals surface area contributed by atoms with Crippen molar-refractivity contribution in [3.63, 3.8) is 0 Å². The highest BCUT2D eigenvalue weighted by Crippen LogP contribution is 2.32. The van der Waals surface area contributed by atoms with Crippen LogP contribution in [0.4, 0.5) is 4.79 Å². The molecule has 1 N–H and O–H groups in total. The Morgan fingerprint density at radius 3 is 2.67 bits per heavy atom. The van der Waals surface area contributed by atoms with Crippen molar-refractivity contribution in [2.45, 2.75) is 70.9 Å². The lowest BCUT2D eigenvalue weighted by Gasteiger charge is -2.33. The summed E-state index contributed by atoms with van der Waals surface area (Å²) in [7, 11) is 0. The van der Waals surface area contributed by atoms with Gasteiger partial charge in [0.1, 0.15) is 0 Å². The first-order chi connectivity index (χ1) is 13.1. The number of urea groups is 1. The van der Waals surface area contributed by atoms with Gasteiger partial charge in [0.2, 0.25) is 0 Å². The number of benzene rings is 1. The van der Waals surface area contributed by atoms with Crippen LogP contribution in [-0.2, 0) is 0 Å². The summed E-state index contributed by atoms with van der Waals surface area (Å²) in [5.41, 5.74) is 1.22. The first-order valence-electron chi connectivity index (χ1n) is 11.0. The van der Waals surface area contributed by atoms with E-state index in [2.05, 4.69) is 48.3 Å². The zero-order valence-electron chi connectivity index (χ0n) is 17.2. The van der Waals surface area contributed by atoms with Gasteiger partial charge in [-0.2, -0.15) is 0 Å². The lowest BCUT2D eigenvalue weighted by molar-refractivity contribution is 0.157. The number of rotatable bonds is 9. The van der Waals surface area contributed by atoms with Crippen LogP contribution in [0.3, 0.4) is 0 Å². The molecule has 2 fully saturated rings. The zero-order chi connectivity index (χ0) is 19.1. The van der Waals surface area contributed by atoms with Crippen molar-refractivity contribution in [3.8, 4) is 0 Å². The van der Waals surface area contributed by atoms with Crippen molar-refractivity contribution in [2.75, 3.05) is 26.2 Å². The second-order valence-corrected chi connectivity index (χ2v) is 8.50. The van der Waals surface area contributed by atoms with Gasteiger partial charge in [0, 0.05) is 19.1 Å². The standard InChI is InChI=1S/C23H37N3O/c1-19-10-6-8-16-25(19)17-9-7-15-24-23(27)26(18-21-13-14-21)20(2)22-11-4-3-5-12-22/h3-5,11-12,19-21H,6-10,13-18H2,1-2H3,(H,24,27). The summed E-state index contributed by atoms with van der Waals surface area (Å²) in [6.07, 6.45) is 8.81. The lowest BCUT2D eigenvalue weighted by Crippen LogP contribution is -2.43. The summed E-state index contributed by atoms with van der Waals surface area (Å²) >= 11 is 0. The quantitative estimate of drug-likeness (QED) is 0.632. The topological polar surface area (TPSA) is 35.6 Å². The molecule has 1 heterocycles. The monoisotopic (exact) mass is 371 g/mol. The lowest BCUT2D eigenvalue weighted by atomic mass is 10.0. The fourth-order valence-electron chi connectivity index (χ4n) is 4.13. The van der Waals surface area contributed by atoms with E-state index in [9.17, 15) is 4.79 Å². The number of unbranched alkanes of at least 4 members (excludes halogenated alkanes) is 1. The maximum atomic E-state index is 12.8. The van der Waals surface area contributed by atoms with E-state index in [-0.39, 0.29) is 12.1 Å². The maximum absolute atomic E-state index is 12.8. The largest absolute Gasteiger partial charge is 0.338 e. The highest BCUT2D eigenvalue weighted by atomic mass is 16.2. The molecule has 1 aliphatic carbocycles. The van der Waals surface area contributed by atoms with Gasteiger partial charge in [-0.25, -0.2) is 4.79 Å². The molecular weight excluding hydrogens is 334 g/mol. The molecule has 1 aromatic carbocycles. The third-order valence-electron chi connectivity index (χ3n) is 6.25. The van der Waals surface area contributed by atoms with Crippen LogP contribution in [0.5, 0.6) is 0 Å². The molecule has 2 amide bonds. The molecule has 2 aliphatic rings. The predicted octanol–water partition coefficient (Wildman–Crippen LogP) is 4.82. The van der Waals surface area contributed by atoms with Gasteiger partial charge in [-0.15, -0.1) is 0 Å². The third-order valence-corrected chi connectivity index (χ3v) is 6.25. The highest BCUT2D eigenvalue weighted by Gasteiger charge is 2.30. The Labute approximate surface area is 165 Å². The maximum Gasteiger partial charge on any atom is 0.317 e. The van der Waals surface area contributed by atoms with Crippen molar-refractivity contribution in [1.29, 1.82) is 0 Å². The highest BCUT2D eigenvalue weighted by molar-refractivity contribution is 5.74. The number of hydrogen-bond donors (Lipinski definition) is 1. The van der Waals surface area contributed by atoms with Crippen LogP contribution in [0.2, 0.25) is 0 Å². The predicted molar refractivity (Wildman–Crippen MR) is 112 cm³/mol. The minimum Gasteiger partial charge on any atom is -0.338 e. The van der Waals surface area contributed by atoms with Crippen molar-refractivity contribution >= 4 is 6.03 Å². The Morgan fingerprint density at radius 2 is 1.96 bits per heavy atom. The second-order valence-electron chi connectivity index (χ2n) is 8.50. The van der Waals surface area contributed by atoms with E-state index in [1.807, 2.05) is 11.0 Å². The van der Waals surface area contributed by atoms with E-state index in [1.54, 1.807) is 0 Å². The number of nitrogens with zero attached hydrogens (tertiary/aromatic N) is 2. The van der Waals surface area contributed by atoms with Crippen LogP contribution in [-0.4, -0.2) is 48.1 Å². The molecule has 2 unspecified atom stereocenters. The molecule has 1 aromatic rings. The van der Waals surface area contributed by atoms with Crippen LogP contribution in [0.15, 0.2) is 30.3 Å². The number of piperidine rings is 1. The molecule has 4 nitrogen and oxygen atoms in total. The van der Waals surface area contributed by atoms with Gasteiger partial charge < -0.3 is 15.1 Å². The minimum atomic E-state index is 0.101. The van der Waals surface area contributed by atoms with E-state index in [0.717, 1.165) is 25.6 Å². The Bertz CT molecular complexity index is 572. The normalized spacial score (nSPS) is 21.6. The Morgan fingerprint density at radius 1 is 1.19 bits per heavy atom. The number of carbonyl (C=O) groups excluding carboxylic acids is 1. The van der Waals surface area contributed by atoms with Gasteiger partial charge >= 0.3 is 6.03 Å². The van der Waals surface area contributed by atoms with Crippen LogP contribution >= 0.6 is 0 Å². The van der Waals surface area contributed by atoms with Crippen molar-refractivity contribution < 1.29 is 4.79 Å². The van der Waals surface area contributed by atoms with E-state index in [0.29, 0.717) is 5.92 Å². The SMILES string of the molecule is CC1CCCCN1CCCCNC(=O)N(CC1CC1)C(C)c1ccccc1. The number of likely N-dealkylation sites (tertiary alicyclic amines) is 1. The number of carbonyl (C=O) groups is 1.